The second kappa shape index (κ2) is 7.38. The van der Waals surface area contributed by atoms with Crippen molar-refractivity contribution in [2.24, 2.45) is 0 Å². The van der Waals surface area contributed by atoms with Crippen LogP contribution >= 0.6 is 11.6 Å². The summed E-state index contributed by atoms with van der Waals surface area (Å²) in [7, 11) is -2.33. The molecule has 112 valence electrons. The number of hydrogen-bond acceptors (Lipinski definition) is 2. The lowest BCUT2D eigenvalue weighted by molar-refractivity contribution is -0.116. The fourth-order valence-corrected chi connectivity index (χ4v) is 4.40. The van der Waals surface area contributed by atoms with E-state index in [9.17, 15) is 9.00 Å². The van der Waals surface area contributed by atoms with Crippen molar-refractivity contribution in [2.45, 2.75) is 43.4 Å². The molecule has 20 heavy (non-hydrogen) atoms. The Labute approximate surface area is 129 Å². The zero-order valence-electron chi connectivity index (χ0n) is 12.5. The van der Waals surface area contributed by atoms with Gasteiger partial charge in [-0.25, -0.2) is 0 Å². The molecule has 1 amide bonds. The molecule has 0 aliphatic carbocycles. The molecule has 0 aliphatic heterocycles. The first kappa shape index (κ1) is 17.4. The number of amides is 1. The van der Waals surface area contributed by atoms with Crippen LogP contribution in [-0.2, 0) is 15.6 Å². The maximum atomic E-state index is 11.9. The second-order valence-corrected chi connectivity index (χ2v) is 13.4. The molecule has 1 N–H and O–H groups in total. The van der Waals surface area contributed by atoms with Gasteiger partial charge in [-0.1, -0.05) is 43.4 Å². The number of rotatable bonds is 6. The molecule has 0 bridgehead atoms. The van der Waals surface area contributed by atoms with Gasteiger partial charge in [-0.3, -0.25) is 9.00 Å². The van der Waals surface area contributed by atoms with Gasteiger partial charge in [-0.2, -0.15) is 0 Å². The minimum absolute atomic E-state index is 0.0442. The third-order valence-corrected chi connectivity index (χ3v) is 6.15. The SMILES string of the molecule is CS(=O)c1c(Cl)cccc1NC(=O)CCC[Si](C)(C)C. The topological polar surface area (TPSA) is 46.2 Å². The number of carbonyl (C=O) groups excluding carboxylic acids is 1. The molecular weight excluding hydrogens is 310 g/mol. The molecule has 6 heteroatoms. The average molecular weight is 332 g/mol. The van der Waals surface area contributed by atoms with Crippen LogP contribution in [0.1, 0.15) is 12.8 Å². The van der Waals surface area contributed by atoms with Crippen LogP contribution in [0.4, 0.5) is 5.69 Å². The Morgan fingerprint density at radius 2 is 2.00 bits per heavy atom. The van der Waals surface area contributed by atoms with Gasteiger partial charge in [-0.05, 0) is 18.6 Å². The van der Waals surface area contributed by atoms with E-state index in [0.29, 0.717) is 22.0 Å². The smallest absolute Gasteiger partial charge is 0.224 e. The Kier molecular flexibility index (Phi) is 6.42. The summed E-state index contributed by atoms with van der Waals surface area (Å²) in [6, 6.07) is 6.29. The number of benzene rings is 1. The summed E-state index contributed by atoms with van der Waals surface area (Å²) in [5.74, 6) is -0.0442. The van der Waals surface area contributed by atoms with Crippen molar-refractivity contribution < 1.29 is 9.00 Å². The van der Waals surface area contributed by atoms with Crippen LogP contribution in [0.3, 0.4) is 0 Å². The highest BCUT2D eigenvalue weighted by molar-refractivity contribution is 7.84. The molecule has 1 aromatic rings. The van der Waals surface area contributed by atoms with Gasteiger partial charge in [0.2, 0.25) is 5.91 Å². The maximum absolute atomic E-state index is 11.9. The molecule has 0 radical (unpaired) electrons. The largest absolute Gasteiger partial charge is 0.325 e. The highest BCUT2D eigenvalue weighted by atomic mass is 35.5. The van der Waals surface area contributed by atoms with Gasteiger partial charge in [0.25, 0.3) is 0 Å². The molecule has 0 aliphatic rings. The fraction of sp³-hybridized carbons (Fsp3) is 0.500. The molecule has 0 fully saturated rings. The van der Waals surface area contributed by atoms with Crippen molar-refractivity contribution in [3.05, 3.63) is 23.2 Å². The summed E-state index contributed by atoms with van der Waals surface area (Å²) in [6.45, 7) is 6.88. The van der Waals surface area contributed by atoms with Crippen LogP contribution in [-0.4, -0.2) is 24.4 Å². The fourth-order valence-electron chi connectivity index (χ4n) is 1.89. The molecule has 0 aromatic heterocycles. The summed E-state index contributed by atoms with van der Waals surface area (Å²) in [6.07, 6.45) is 2.95. The molecule has 0 saturated heterocycles. The van der Waals surface area contributed by atoms with Crippen LogP contribution in [0.5, 0.6) is 0 Å². The molecule has 0 heterocycles. The van der Waals surface area contributed by atoms with Gasteiger partial charge in [0.1, 0.15) is 0 Å². The Balaban J connectivity index is 2.67. The van der Waals surface area contributed by atoms with E-state index < -0.39 is 18.9 Å². The van der Waals surface area contributed by atoms with Crippen molar-refractivity contribution in [3.8, 4) is 0 Å². The van der Waals surface area contributed by atoms with Crippen molar-refractivity contribution >= 4 is 42.1 Å². The first-order valence-electron chi connectivity index (χ1n) is 6.62. The van der Waals surface area contributed by atoms with Crippen LogP contribution in [0.25, 0.3) is 0 Å². The van der Waals surface area contributed by atoms with Gasteiger partial charge < -0.3 is 5.32 Å². The highest BCUT2D eigenvalue weighted by Gasteiger charge is 2.15. The maximum Gasteiger partial charge on any atom is 0.224 e. The molecule has 0 spiro atoms. The van der Waals surface area contributed by atoms with E-state index in [0.717, 1.165) is 12.5 Å². The van der Waals surface area contributed by atoms with Crippen LogP contribution in [0.15, 0.2) is 23.1 Å². The number of hydrogen-bond donors (Lipinski definition) is 1. The van der Waals surface area contributed by atoms with Crippen LogP contribution in [0, 0.1) is 0 Å². The van der Waals surface area contributed by atoms with Crippen molar-refractivity contribution in [1.29, 1.82) is 0 Å². The van der Waals surface area contributed by atoms with E-state index in [1.807, 2.05) is 0 Å². The zero-order chi connectivity index (χ0) is 15.3. The van der Waals surface area contributed by atoms with Gasteiger partial charge in [0, 0.05) is 20.8 Å². The molecule has 1 atom stereocenters. The third kappa shape index (κ3) is 5.77. The first-order chi connectivity index (χ1) is 9.20. The van der Waals surface area contributed by atoms with Gasteiger partial charge in [0.15, 0.2) is 0 Å². The summed E-state index contributed by atoms with van der Waals surface area (Å²) in [4.78, 5) is 12.4. The Bertz CT molecular complexity index is 514. The minimum atomic E-state index is -1.23. The van der Waals surface area contributed by atoms with E-state index in [4.69, 9.17) is 11.6 Å². The molecule has 1 rings (SSSR count). The predicted molar refractivity (Wildman–Crippen MR) is 89.8 cm³/mol. The van der Waals surface area contributed by atoms with E-state index in [1.54, 1.807) is 24.5 Å². The second-order valence-electron chi connectivity index (χ2n) is 6.03. The third-order valence-electron chi connectivity index (χ3n) is 2.86. The summed E-state index contributed by atoms with van der Waals surface area (Å²) < 4.78 is 11.7. The Morgan fingerprint density at radius 3 is 2.55 bits per heavy atom. The summed E-state index contributed by atoms with van der Waals surface area (Å²) in [5, 5.41) is 3.24. The standard InChI is InChI=1S/C14H22ClNO2SSi/c1-19(18)14-11(15)7-5-8-12(14)16-13(17)9-6-10-20(2,3)4/h5,7-8H,6,9-10H2,1-4H3,(H,16,17). The lowest BCUT2D eigenvalue weighted by Gasteiger charge is -2.15. The van der Waals surface area contributed by atoms with Crippen molar-refractivity contribution in [2.75, 3.05) is 11.6 Å². The van der Waals surface area contributed by atoms with E-state index >= 15 is 0 Å². The number of nitrogens with one attached hydrogen (secondary N) is 1. The van der Waals surface area contributed by atoms with E-state index in [1.165, 1.54) is 0 Å². The quantitative estimate of drug-likeness (QED) is 0.796. The monoisotopic (exact) mass is 331 g/mol. The Hall–Kier alpha value is -0.653. The lowest BCUT2D eigenvalue weighted by atomic mass is 10.3. The van der Waals surface area contributed by atoms with Gasteiger partial charge >= 0.3 is 0 Å². The predicted octanol–water partition coefficient (Wildman–Crippen LogP) is 4.13. The number of anilines is 1. The normalized spacial score (nSPS) is 13.1. The van der Waals surface area contributed by atoms with E-state index in [2.05, 4.69) is 25.0 Å². The average Bonchev–Trinajstić information content (AvgIpc) is 2.26. The highest BCUT2D eigenvalue weighted by Crippen LogP contribution is 2.27. The summed E-state index contributed by atoms with van der Waals surface area (Å²) >= 11 is 6.03. The minimum Gasteiger partial charge on any atom is -0.325 e. The summed E-state index contributed by atoms with van der Waals surface area (Å²) in [5.41, 5.74) is 0.552. The number of halogens is 1. The molecule has 0 saturated carbocycles. The van der Waals surface area contributed by atoms with Gasteiger partial charge in [0.05, 0.1) is 26.4 Å². The van der Waals surface area contributed by atoms with E-state index in [-0.39, 0.29) is 5.91 Å². The molecular formula is C14H22ClNO2SSi. The number of carbonyl (C=O) groups is 1. The molecule has 3 nitrogen and oxygen atoms in total. The Morgan fingerprint density at radius 1 is 1.35 bits per heavy atom. The van der Waals surface area contributed by atoms with Crippen molar-refractivity contribution in [3.63, 3.8) is 0 Å². The van der Waals surface area contributed by atoms with Crippen molar-refractivity contribution in [1.82, 2.24) is 0 Å². The first-order valence-corrected chi connectivity index (χ1v) is 12.3. The van der Waals surface area contributed by atoms with Crippen LogP contribution in [0.2, 0.25) is 30.7 Å². The molecule has 1 aromatic carbocycles. The molecule has 1 unspecified atom stereocenters. The zero-order valence-corrected chi connectivity index (χ0v) is 15.0. The lowest BCUT2D eigenvalue weighted by Crippen LogP contribution is -2.20. The van der Waals surface area contributed by atoms with Gasteiger partial charge in [-0.15, -0.1) is 0 Å². The van der Waals surface area contributed by atoms with Crippen LogP contribution < -0.4 is 5.32 Å².